The minimum Gasteiger partial charge on any atom is -0.215 e. The highest BCUT2D eigenvalue weighted by Gasteiger charge is 2.25. The van der Waals surface area contributed by atoms with Gasteiger partial charge in [0.15, 0.2) is 0 Å². The standard InChI is InChI=1S/C10H21NO2S/c1-8(2)14(12,13)11-7-10-6-4-5-9(10)3/h8-11H,4-7H2,1-3H3. The molecule has 0 saturated heterocycles. The van der Waals surface area contributed by atoms with E-state index in [1.807, 2.05) is 0 Å². The Balaban J connectivity index is 2.40. The lowest BCUT2D eigenvalue weighted by molar-refractivity contribution is 0.413. The van der Waals surface area contributed by atoms with Crippen molar-refractivity contribution in [3.63, 3.8) is 0 Å². The molecule has 1 aliphatic carbocycles. The molecule has 0 spiro atoms. The second-order valence-corrected chi connectivity index (χ2v) is 6.93. The zero-order chi connectivity index (χ0) is 10.8. The summed E-state index contributed by atoms with van der Waals surface area (Å²) in [7, 11) is -3.06. The second-order valence-electron chi connectivity index (χ2n) is 4.61. The van der Waals surface area contributed by atoms with Gasteiger partial charge in [-0.15, -0.1) is 0 Å². The van der Waals surface area contributed by atoms with Crippen LogP contribution >= 0.6 is 0 Å². The largest absolute Gasteiger partial charge is 0.215 e. The average molecular weight is 219 g/mol. The lowest BCUT2D eigenvalue weighted by atomic mass is 9.99. The summed E-state index contributed by atoms with van der Waals surface area (Å²) in [6.45, 7) is 6.25. The molecule has 1 N–H and O–H groups in total. The van der Waals surface area contributed by atoms with Crippen molar-refractivity contribution in [2.45, 2.75) is 45.3 Å². The van der Waals surface area contributed by atoms with Crippen molar-refractivity contribution in [3.05, 3.63) is 0 Å². The van der Waals surface area contributed by atoms with Gasteiger partial charge in [0.25, 0.3) is 0 Å². The highest BCUT2D eigenvalue weighted by Crippen LogP contribution is 2.30. The van der Waals surface area contributed by atoms with Gasteiger partial charge in [-0.25, -0.2) is 13.1 Å². The third-order valence-electron chi connectivity index (χ3n) is 3.21. The van der Waals surface area contributed by atoms with Gasteiger partial charge in [0.2, 0.25) is 10.0 Å². The Morgan fingerprint density at radius 2 is 2.00 bits per heavy atom. The molecular formula is C10H21NO2S. The first kappa shape index (κ1) is 12.0. The summed E-state index contributed by atoms with van der Waals surface area (Å²) in [6.07, 6.45) is 3.66. The summed E-state index contributed by atoms with van der Waals surface area (Å²) in [5.74, 6) is 1.22. The molecule has 1 saturated carbocycles. The molecule has 0 heterocycles. The molecular weight excluding hydrogens is 198 g/mol. The van der Waals surface area contributed by atoms with E-state index in [4.69, 9.17) is 0 Å². The molecule has 2 unspecified atom stereocenters. The number of sulfonamides is 1. The van der Waals surface area contributed by atoms with Crippen LogP contribution < -0.4 is 4.72 Å². The first-order valence-corrected chi connectivity index (χ1v) is 6.96. The zero-order valence-corrected chi connectivity index (χ0v) is 10.1. The van der Waals surface area contributed by atoms with Crippen molar-refractivity contribution in [1.82, 2.24) is 4.72 Å². The van der Waals surface area contributed by atoms with Crippen molar-refractivity contribution >= 4 is 10.0 Å². The Labute approximate surface area is 87.3 Å². The second kappa shape index (κ2) is 4.62. The van der Waals surface area contributed by atoms with Crippen LogP contribution in [-0.4, -0.2) is 20.2 Å². The van der Waals surface area contributed by atoms with E-state index in [1.165, 1.54) is 19.3 Å². The third-order valence-corrected chi connectivity index (χ3v) is 5.02. The highest BCUT2D eigenvalue weighted by atomic mass is 32.2. The maximum absolute atomic E-state index is 11.5. The summed E-state index contributed by atoms with van der Waals surface area (Å²) in [5, 5.41) is -0.320. The Bertz CT molecular complexity index is 272. The van der Waals surface area contributed by atoms with Gasteiger partial charge in [-0.3, -0.25) is 0 Å². The minimum absolute atomic E-state index is 0.320. The topological polar surface area (TPSA) is 46.2 Å². The van der Waals surface area contributed by atoms with Gasteiger partial charge in [0.1, 0.15) is 0 Å². The Hall–Kier alpha value is -0.0900. The number of nitrogens with one attached hydrogen (secondary N) is 1. The first-order chi connectivity index (χ1) is 6.43. The van der Waals surface area contributed by atoms with E-state index in [0.717, 1.165) is 0 Å². The molecule has 3 nitrogen and oxygen atoms in total. The SMILES string of the molecule is CC1CCCC1CNS(=O)(=O)C(C)C. The summed E-state index contributed by atoms with van der Waals surface area (Å²) in [6, 6.07) is 0. The minimum atomic E-state index is -3.06. The number of rotatable bonds is 4. The van der Waals surface area contributed by atoms with E-state index in [-0.39, 0.29) is 5.25 Å². The smallest absolute Gasteiger partial charge is 0.213 e. The van der Waals surface area contributed by atoms with E-state index in [2.05, 4.69) is 11.6 Å². The predicted octanol–water partition coefficient (Wildman–Crippen LogP) is 1.75. The van der Waals surface area contributed by atoms with Gasteiger partial charge < -0.3 is 0 Å². The molecule has 1 rings (SSSR count). The summed E-state index contributed by atoms with van der Waals surface area (Å²) >= 11 is 0. The Kier molecular flexibility index (Phi) is 3.95. The van der Waals surface area contributed by atoms with Crippen molar-refractivity contribution in [2.75, 3.05) is 6.54 Å². The fraction of sp³-hybridized carbons (Fsp3) is 1.00. The van der Waals surface area contributed by atoms with E-state index in [1.54, 1.807) is 13.8 Å². The molecule has 14 heavy (non-hydrogen) atoms. The average Bonchev–Trinajstić information content (AvgIpc) is 2.47. The fourth-order valence-electron chi connectivity index (χ4n) is 1.92. The lowest BCUT2D eigenvalue weighted by Crippen LogP contribution is -2.35. The molecule has 0 aromatic rings. The van der Waals surface area contributed by atoms with Crippen molar-refractivity contribution < 1.29 is 8.42 Å². The van der Waals surface area contributed by atoms with Crippen LogP contribution in [0.5, 0.6) is 0 Å². The molecule has 2 atom stereocenters. The van der Waals surface area contributed by atoms with Crippen LogP contribution in [0.4, 0.5) is 0 Å². The highest BCUT2D eigenvalue weighted by molar-refractivity contribution is 7.90. The molecule has 0 radical (unpaired) electrons. The van der Waals surface area contributed by atoms with Gasteiger partial charge in [0, 0.05) is 6.54 Å². The summed E-state index contributed by atoms with van der Waals surface area (Å²) < 4.78 is 25.7. The van der Waals surface area contributed by atoms with Crippen LogP contribution in [0.25, 0.3) is 0 Å². The van der Waals surface area contributed by atoms with Gasteiger partial charge in [-0.05, 0) is 32.1 Å². The van der Waals surface area contributed by atoms with Gasteiger partial charge in [0.05, 0.1) is 5.25 Å². The van der Waals surface area contributed by atoms with Crippen LogP contribution in [0.15, 0.2) is 0 Å². The van der Waals surface area contributed by atoms with E-state index < -0.39 is 10.0 Å². The molecule has 84 valence electrons. The third kappa shape index (κ3) is 2.95. The van der Waals surface area contributed by atoms with Crippen molar-refractivity contribution in [3.8, 4) is 0 Å². The molecule has 0 aromatic heterocycles. The summed E-state index contributed by atoms with van der Waals surface area (Å²) in [5.41, 5.74) is 0. The fourth-order valence-corrected chi connectivity index (χ4v) is 2.70. The Morgan fingerprint density at radius 3 is 2.43 bits per heavy atom. The van der Waals surface area contributed by atoms with Crippen LogP contribution in [0.3, 0.4) is 0 Å². The monoisotopic (exact) mass is 219 g/mol. The molecule has 0 aromatic carbocycles. The van der Waals surface area contributed by atoms with E-state index in [0.29, 0.717) is 18.4 Å². The van der Waals surface area contributed by atoms with E-state index >= 15 is 0 Å². The predicted molar refractivity (Wildman–Crippen MR) is 58.6 cm³/mol. The Morgan fingerprint density at radius 1 is 1.36 bits per heavy atom. The van der Waals surface area contributed by atoms with Gasteiger partial charge >= 0.3 is 0 Å². The van der Waals surface area contributed by atoms with Crippen LogP contribution in [0.2, 0.25) is 0 Å². The zero-order valence-electron chi connectivity index (χ0n) is 9.29. The summed E-state index contributed by atoms with van der Waals surface area (Å²) in [4.78, 5) is 0. The van der Waals surface area contributed by atoms with Crippen LogP contribution in [-0.2, 0) is 10.0 Å². The number of hydrogen-bond acceptors (Lipinski definition) is 2. The molecule has 0 amide bonds. The molecule has 0 bridgehead atoms. The van der Waals surface area contributed by atoms with E-state index in [9.17, 15) is 8.42 Å². The molecule has 0 aliphatic heterocycles. The van der Waals surface area contributed by atoms with Gasteiger partial charge in [-0.2, -0.15) is 0 Å². The van der Waals surface area contributed by atoms with Crippen LogP contribution in [0.1, 0.15) is 40.0 Å². The molecule has 1 fully saturated rings. The molecule has 1 aliphatic rings. The maximum Gasteiger partial charge on any atom is 0.213 e. The van der Waals surface area contributed by atoms with Gasteiger partial charge in [-0.1, -0.05) is 19.8 Å². The maximum atomic E-state index is 11.5. The first-order valence-electron chi connectivity index (χ1n) is 5.42. The van der Waals surface area contributed by atoms with Crippen molar-refractivity contribution in [2.24, 2.45) is 11.8 Å². The van der Waals surface area contributed by atoms with Crippen LogP contribution in [0, 0.1) is 11.8 Å². The number of hydrogen-bond donors (Lipinski definition) is 1. The normalized spacial score (nSPS) is 28.6. The molecule has 4 heteroatoms. The lowest BCUT2D eigenvalue weighted by Gasteiger charge is -2.17. The van der Waals surface area contributed by atoms with Crippen molar-refractivity contribution in [1.29, 1.82) is 0 Å². The quantitative estimate of drug-likeness (QED) is 0.783.